The first-order valence-corrected chi connectivity index (χ1v) is 7.61. The monoisotopic (exact) mass is 309 g/mol. The van der Waals surface area contributed by atoms with Gasteiger partial charge in [-0.05, 0) is 71.1 Å². The molecule has 1 aliphatic carbocycles. The molecule has 1 aromatic rings. The van der Waals surface area contributed by atoms with E-state index in [2.05, 4.69) is 68.0 Å². The van der Waals surface area contributed by atoms with Crippen molar-refractivity contribution in [1.29, 1.82) is 0 Å². The molecule has 0 heterocycles. The zero-order chi connectivity index (χ0) is 13.5. The van der Waals surface area contributed by atoms with E-state index in [1.54, 1.807) is 0 Å². The van der Waals surface area contributed by atoms with Crippen LogP contribution in [-0.2, 0) is 0 Å². The fourth-order valence-corrected chi connectivity index (χ4v) is 4.16. The van der Waals surface area contributed by atoms with Gasteiger partial charge in [-0.2, -0.15) is 0 Å². The summed E-state index contributed by atoms with van der Waals surface area (Å²) in [4.78, 5) is 0. The lowest BCUT2D eigenvalue weighted by Crippen LogP contribution is -2.23. The van der Waals surface area contributed by atoms with E-state index in [-0.39, 0.29) is 0 Å². The van der Waals surface area contributed by atoms with Crippen LogP contribution >= 0.6 is 15.9 Å². The van der Waals surface area contributed by atoms with Crippen LogP contribution in [0, 0.1) is 25.2 Å². The normalized spacial score (nSPS) is 26.3. The van der Waals surface area contributed by atoms with Gasteiger partial charge in [0.1, 0.15) is 0 Å². The van der Waals surface area contributed by atoms with Gasteiger partial charge in [0.15, 0.2) is 0 Å². The van der Waals surface area contributed by atoms with Crippen LogP contribution in [0.3, 0.4) is 0 Å². The molecule has 0 bridgehead atoms. The van der Waals surface area contributed by atoms with Gasteiger partial charge < -0.3 is 5.32 Å². The molecule has 0 spiro atoms. The lowest BCUT2D eigenvalue weighted by atomic mass is 9.91. The number of halogens is 1. The molecule has 0 aromatic heterocycles. The first-order chi connectivity index (χ1) is 8.28. The molecule has 1 saturated carbocycles. The molecule has 2 unspecified atom stereocenters. The van der Waals surface area contributed by atoms with E-state index in [1.807, 2.05) is 0 Å². The van der Waals surface area contributed by atoms with Gasteiger partial charge in [0.05, 0.1) is 5.69 Å². The second kappa shape index (κ2) is 4.88. The van der Waals surface area contributed by atoms with Crippen molar-refractivity contribution in [3.05, 3.63) is 27.7 Å². The van der Waals surface area contributed by atoms with Gasteiger partial charge in [0.25, 0.3) is 0 Å². The maximum atomic E-state index is 3.76. The van der Waals surface area contributed by atoms with Crippen LogP contribution in [0.2, 0.25) is 0 Å². The molecule has 0 amide bonds. The number of hydrogen-bond donors (Lipinski definition) is 1. The van der Waals surface area contributed by atoms with Crippen LogP contribution in [0.25, 0.3) is 0 Å². The summed E-state index contributed by atoms with van der Waals surface area (Å²) in [5, 5.41) is 3.76. The quantitative estimate of drug-likeness (QED) is 0.781. The third kappa shape index (κ3) is 2.90. The van der Waals surface area contributed by atoms with Crippen molar-refractivity contribution in [2.45, 2.75) is 53.5 Å². The van der Waals surface area contributed by atoms with E-state index in [1.165, 1.54) is 34.1 Å². The van der Waals surface area contributed by atoms with Crippen molar-refractivity contribution in [1.82, 2.24) is 0 Å². The first kappa shape index (κ1) is 13.9. The number of hydrogen-bond acceptors (Lipinski definition) is 1. The molecule has 18 heavy (non-hydrogen) atoms. The molecule has 2 atom stereocenters. The Bertz CT molecular complexity index is 427. The Labute approximate surface area is 119 Å². The molecular formula is C16H24BrN. The Morgan fingerprint density at radius 2 is 1.89 bits per heavy atom. The number of rotatable bonds is 2. The Hall–Kier alpha value is -0.500. The van der Waals surface area contributed by atoms with Crippen LogP contribution in [0.5, 0.6) is 0 Å². The van der Waals surface area contributed by atoms with Gasteiger partial charge in [0, 0.05) is 10.5 Å². The Morgan fingerprint density at radius 3 is 2.39 bits per heavy atom. The highest BCUT2D eigenvalue weighted by Gasteiger charge is 2.36. The summed E-state index contributed by atoms with van der Waals surface area (Å²) in [5.74, 6) is 0.743. The second-order valence-electron chi connectivity index (χ2n) is 6.74. The van der Waals surface area contributed by atoms with E-state index in [4.69, 9.17) is 0 Å². The van der Waals surface area contributed by atoms with Crippen LogP contribution in [0.1, 0.15) is 44.7 Å². The summed E-state index contributed by atoms with van der Waals surface area (Å²) in [7, 11) is 0. The highest BCUT2D eigenvalue weighted by Crippen LogP contribution is 2.43. The zero-order valence-corrected chi connectivity index (χ0v) is 13.7. The predicted octanol–water partition coefficient (Wildman–Crippen LogP) is 5.30. The molecule has 1 aliphatic rings. The van der Waals surface area contributed by atoms with Crippen molar-refractivity contribution in [3.63, 3.8) is 0 Å². The van der Waals surface area contributed by atoms with Crippen molar-refractivity contribution in [3.8, 4) is 0 Å². The average molecular weight is 310 g/mol. The SMILES string of the molecule is Cc1cc(C)c(NC2CC(C)(C)CC2C)c(Br)c1. The molecule has 2 rings (SSSR count). The fourth-order valence-electron chi connectivity index (χ4n) is 3.37. The third-order valence-corrected chi connectivity index (χ3v) is 4.72. The lowest BCUT2D eigenvalue weighted by molar-refractivity contribution is 0.366. The smallest absolute Gasteiger partial charge is 0.0516 e. The molecule has 2 heteroatoms. The van der Waals surface area contributed by atoms with Crippen LogP contribution in [0.15, 0.2) is 16.6 Å². The molecule has 1 N–H and O–H groups in total. The summed E-state index contributed by atoms with van der Waals surface area (Å²) in [5.41, 5.74) is 4.39. The van der Waals surface area contributed by atoms with Crippen molar-refractivity contribution in [2.24, 2.45) is 11.3 Å². The number of benzene rings is 1. The molecule has 1 nitrogen and oxygen atoms in total. The summed E-state index contributed by atoms with van der Waals surface area (Å²) in [6, 6.07) is 5.04. The first-order valence-electron chi connectivity index (χ1n) is 6.82. The van der Waals surface area contributed by atoms with Gasteiger partial charge in [-0.15, -0.1) is 0 Å². The fraction of sp³-hybridized carbons (Fsp3) is 0.625. The van der Waals surface area contributed by atoms with Gasteiger partial charge in [-0.3, -0.25) is 0 Å². The highest BCUT2D eigenvalue weighted by molar-refractivity contribution is 9.10. The van der Waals surface area contributed by atoms with Gasteiger partial charge in [-0.25, -0.2) is 0 Å². The summed E-state index contributed by atoms with van der Waals surface area (Å²) in [6.45, 7) is 11.4. The van der Waals surface area contributed by atoms with Crippen molar-refractivity contribution >= 4 is 21.6 Å². The molecular weight excluding hydrogens is 286 g/mol. The van der Waals surface area contributed by atoms with Gasteiger partial charge in [0.2, 0.25) is 0 Å². The van der Waals surface area contributed by atoms with E-state index in [9.17, 15) is 0 Å². The van der Waals surface area contributed by atoms with Crippen LogP contribution < -0.4 is 5.32 Å². The minimum atomic E-state index is 0.474. The topological polar surface area (TPSA) is 12.0 Å². The second-order valence-corrected chi connectivity index (χ2v) is 7.59. The maximum absolute atomic E-state index is 3.76. The summed E-state index contributed by atoms with van der Waals surface area (Å²) < 4.78 is 1.19. The zero-order valence-electron chi connectivity index (χ0n) is 12.1. The number of anilines is 1. The standard InChI is InChI=1S/C16H24BrN/c1-10-6-11(2)15(13(17)7-10)18-14-9-16(4,5)8-12(14)3/h6-7,12,14,18H,8-9H2,1-5H3. The minimum Gasteiger partial charge on any atom is -0.381 e. The minimum absolute atomic E-state index is 0.474. The Kier molecular flexibility index (Phi) is 3.77. The van der Waals surface area contributed by atoms with E-state index in [0.717, 1.165) is 5.92 Å². The predicted molar refractivity (Wildman–Crippen MR) is 83.2 cm³/mol. The average Bonchev–Trinajstić information content (AvgIpc) is 2.45. The molecule has 1 fully saturated rings. The van der Waals surface area contributed by atoms with Gasteiger partial charge >= 0.3 is 0 Å². The van der Waals surface area contributed by atoms with Crippen LogP contribution in [-0.4, -0.2) is 6.04 Å². The van der Waals surface area contributed by atoms with E-state index < -0.39 is 0 Å². The molecule has 0 aliphatic heterocycles. The number of nitrogens with one attached hydrogen (secondary N) is 1. The molecule has 100 valence electrons. The Balaban J connectivity index is 2.20. The largest absolute Gasteiger partial charge is 0.381 e. The number of aryl methyl sites for hydroxylation is 2. The van der Waals surface area contributed by atoms with E-state index >= 15 is 0 Å². The highest BCUT2D eigenvalue weighted by atomic mass is 79.9. The van der Waals surface area contributed by atoms with Gasteiger partial charge in [-0.1, -0.05) is 26.8 Å². The lowest BCUT2D eigenvalue weighted by Gasteiger charge is -2.22. The van der Waals surface area contributed by atoms with Crippen molar-refractivity contribution in [2.75, 3.05) is 5.32 Å². The summed E-state index contributed by atoms with van der Waals surface area (Å²) in [6.07, 6.45) is 2.57. The Morgan fingerprint density at radius 1 is 1.22 bits per heavy atom. The maximum Gasteiger partial charge on any atom is 0.0516 e. The molecule has 0 saturated heterocycles. The molecule has 1 aromatic carbocycles. The summed E-state index contributed by atoms with van der Waals surface area (Å²) >= 11 is 3.69. The van der Waals surface area contributed by atoms with Crippen LogP contribution in [0.4, 0.5) is 5.69 Å². The van der Waals surface area contributed by atoms with E-state index in [0.29, 0.717) is 11.5 Å². The molecule has 0 radical (unpaired) electrons. The van der Waals surface area contributed by atoms with Crippen molar-refractivity contribution < 1.29 is 0 Å². The third-order valence-electron chi connectivity index (χ3n) is 4.10.